The largest absolute Gasteiger partial charge is 0.355 e. The van der Waals surface area contributed by atoms with Gasteiger partial charge in [-0.15, -0.1) is 0 Å². The van der Waals surface area contributed by atoms with Gasteiger partial charge < -0.3 is 10.2 Å². The van der Waals surface area contributed by atoms with Crippen LogP contribution in [0.4, 0.5) is 0 Å². The van der Waals surface area contributed by atoms with Crippen molar-refractivity contribution < 1.29 is 4.79 Å². The maximum Gasteiger partial charge on any atom is 0.220 e. The van der Waals surface area contributed by atoms with Crippen LogP contribution < -0.4 is 5.32 Å². The molecule has 1 rings (SSSR count). The summed E-state index contributed by atoms with van der Waals surface area (Å²) in [6.07, 6.45) is 2.96. The Bertz CT molecular complexity index is 141. The van der Waals surface area contributed by atoms with E-state index in [0.29, 0.717) is 6.42 Å². The number of nitrogens with one attached hydrogen (secondary N) is 1. The zero-order chi connectivity index (χ0) is 8.81. The van der Waals surface area contributed by atoms with Crippen LogP contribution in [0.1, 0.15) is 19.3 Å². The molecule has 1 N–H and O–H groups in total. The van der Waals surface area contributed by atoms with Gasteiger partial charge in [-0.2, -0.15) is 0 Å². The van der Waals surface area contributed by atoms with Gasteiger partial charge in [-0.05, 0) is 32.9 Å². The van der Waals surface area contributed by atoms with Gasteiger partial charge in [0, 0.05) is 19.5 Å². The van der Waals surface area contributed by atoms with Gasteiger partial charge in [-0.25, -0.2) is 0 Å². The smallest absolute Gasteiger partial charge is 0.220 e. The fraction of sp³-hybridized carbons (Fsp3) is 0.778. The lowest BCUT2D eigenvalue weighted by Crippen LogP contribution is -2.33. The van der Waals surface area contributed by atoms with Crippen molar-refractivity contribution in [3.8, 4) is 0 Å². The molecule has 1 aliphatic rings. The second-order valence-electron chi connectivity index (χ2n) is 3.15. The van der Waals surface area contributed by atoms with E-state index in [-0.39, 0.29) is 5.91 Å². The molecule has 1 amide bonds. The van der Waals surface area contributed by atoms with E-state index in [2.05, 4.69) is 17.1 Å². The van der Waals surface area contributed by atoms with Crippen LogP contribution in [0.3, 0.4) is 0 Å². The molecule has 0 aromatic rings. The summed E-state index contributed by atoms with van der Waals surface area (Å²) >= 11 is 0. The molecule has 69 valence electrons. The summed E-state index contributed by atoms with van der Waals surface area (Å²) < 4.78 is 0. The summed E-state index contributed by atoms with van der Waals surface area (Å²) in [6, 6.07) is 0. The molecular weight excluding hydrogens is 152 g/mol. The Morgan fingerprint density at radius 2 is 2.08 bits per heavy atom. The summed E-state index contributed by atoms with van der Waals surface area (Å²) in [5.41, 5.74) is 0. The van der Waals surface area contributed by atoms with Gasteiger partial charge in [-0.1, -0.05) is 0 Å². The van der Waals surface area contributed by atoms with Crippen molar-refractivity contribution in [2.75, 3.05) is 26.2 Å². The number of carbonyl (C=O) groups is 1. The van der Waals surface area contributed by atoms with Crippen LogP contribution >= 0.6 is 0 Å². The summed E-state index contributed by atoms with van der Waals surface area (Å²) in [7, 11) is 0. The van der Waals surface area contributed by atoms with Crippen molar-refractivity contribution in [3.05, 3.63) is 6.92 Å². The molecule has 1 saturated heterocycles. The van der Waals surface area contributed by atoms with Crippen LogP contribution in [-0.4, -0.2) is 37.0 Å². The first kappa shape index (κ1) is 9.52. The van der Waals surface area contributed by atoms with E-state index in [1.165, 1.54) is 25.9 Å². The van der Waals surface area contributed by atoms with Gasteiger partial charge in [0.05, 0.1) is 0 Å². The Labute approximate surface area is 74.1 Å². The number of hydrogen-bond acceptors (Lipinski definition) is 2. The Morgan fingerprint density at radius 1 is 1.42 bits per heavy atom. The molecule has 0 bridgehead atoms. The monoisotopic (exact) mass is 169 g/mol. The molecule has 0 aromatic heterocycles. The molecule has 0 unspecified atom stereocenters. The first-order valence-electron chi connectivity index (χ1n) is 4.61. The van der Waals surface area contributed by atoms with Crippen LogP contribution in [0.2, 0.25) is 0 Å². The lowest BCUT2D eigenvalue weighted by Gasteiger charge is -2.14. The van der Waals surface area contributed by atoms with E-state index in [9.17, 15) is 4.79 Å². The summed E-state index contributed by atoms with van der Waals surface area (Å²) in [6.45, 7) is 7.66. The molecule has 1 fully saturated rings. The lowest BCUT2D eigenvalue weighted by atomic mass is 10.4. The Kier molecular flexibility index (Phi) is 4.08. The van der Waals surface area contributed by atoms with E-state index >= 15 is 0 Å². The average molecular weight is 169 g/mol. The predicted octanol–water partition coefficient (Wildman–Crippen LogP) is 0.423. The van der Waals surface area contributed by atoms with Gasteiger partial charge in [-0.3, -0.25) is 4.79 Å². The van der Waals surface area contributed by atoms with E-state index < -0.39 is 0 Å². The molecule has 1 aliphatic heterocycles. The second-order valence-corrected chi connectivity index (χ2v) is 3.15. The molecule has 0 aliphatic carbocycles. The van der Waals surface area contributed by atoms with Gasteiger partial charge in [0.2, 0.25) is 5.91 Å². The Hall–Kier alpha value is -0.570. The van der Waals surface area contributed by atoms with E-state index in [1.54, 1.807) is 0 Å². The highest BCUT2D eigenvalue weighted by Gasteiger charge is 2.10. The predicted molar refractivity (Wildman–Crippen MR) is 48.7 cm³/mol. The fourth-order valence-corrected chi connectivity index (χ4v) is 1.45. The van der Waals surface area contributed by atoms with Crippen LogP contribution in [0.5, 0.6) is 0 Å². The van der Waals surface area contributed by atoms with Crippen LogP contribution in [-0.2, 0) is 4.79 Å². The third kappa shape index (κ3) is 3.22. The Balaban J connectivity index is 1.97. The average Bonchev–Trinajstić information content (AvgIpc) is 2.57. The standard InChI is InChI=1S/C9H17N2O/c1-2-9(12)10-5-8-11-6-3-4-7-11/h1-8H2,(H,10,12). The van der Waals surface area contributed by atoms with Crippen molar-refractivity contribution in [3.63, 3.8) is 0 Å². The first-order valence-corrected chi connectivity index (χ1v) is 4.61. The molecule has 0 saturated carbocycles. The number of rotatable bonds is 4. The summed E-state index contributed by atoms with van der Waals surface area (Å²) in [5, 5.41) is 2.82. The quantitative estimate of drug-likeness (QED) is 0.661. The van der Waals surface area contributed by atoms with Gasteiger partial charge in [0.1, 0.15) is 0 Å². The van der Waals surface area contributed by atoms with Crippen molar-refractivity contribution in [2.24, 2.45) is 0 Å². The molecule has 1 heterocycles. The highest BCUT2D eigenvalue weighted by Crippen LogP contribution is 2.05. The number of likely N-dealkylation sites (tertiary alicyclic amines) is 1. The number of hydrogen-bond donors (Lipinski definition) is 1. The first-order chi connectivity index (χ1) is 5.83. The summed E-state index contributed by atoms with van der Waals surface area (Å²) in [5.74, 6) is 0.0502. The highest BCUT2D eigenvalue weighted by molar-refractivity contribution is 5.76. The lowest BCUT2D eigenvalue weighted by molar-refractivity contribution is -0.120. The van der Waals surface area contributed by atoms with Crippen molar-refractivity contribution in [1.29, 1.82) is 0 Å². The van der Waals surface area contributed by atoms with Gasteiger partial charge in [0.25, 0.3) is 0 Å². The number of carbonyl (C=O) groups excluding carboxylic acids is 1. The normalized spacial score (nSPS) is 18.1. The molecular formula is C9H17N2O. The van der Waals surface area contributed by atoms with Gasteiger partial charge >= 0.3 is 0 Å². The molecule has 0 spiro atoms. The molecule has 3 nitrogen and oxygen atoms in total. The van der Waals surface area contributed by atoms with Crippen LogP contribution in [0.15, 0.2) is 0 Å². The topological polar surface area (TPSA) is 32.3 Å². The number of amides is 1. The fourth-order valence-electron chi connectivity index (χ4n) is 1.45. The van der Waals surface area contributed by atoms with Crippen molar-refractivity contribution in [2.45, 2.75) is 19.3 Å². The van der Waals surface area contributed by atoms with Crippen LogP contribution in [0.25, 0.3) is 0 Å². The minimum Gasteiger partial charge on any atom is -0.355 e. The van der Waals surface area contributed by atoms with Gasteiger partial charge in [0.15, 0.2) is 0 Å². The van der Waals surface area contributed by atoms with Crippen LogP contribution in [0, 0.1) is 6.92 Å². The van der Waals surface area contributed by atoms with E-state index in [1.807, 2.05) is 0 Å². The third-order valence-electron chi connectivity index (χ3n) is 2.18. The molecule has 12 heavy (non-hydrogen) atoms. The van der Waals surface area contributed by atoms with E-state index in [4.69, 9.17) is 0 Å². The maximum atomic E-state index is 10.8. The van der Waals surface area contributed by atoms with E-state index in [0.717, 1.165) is 13.1 Å². The zero-order valence-electron chi connectivity index (χ0n) is 7.51. The zero-order valence-corrected chi connectivity index (χ0v) is 7.51. The molecule has 1 radical (unpaired) electrons. The minimum atomic E-state index is 0.0502. The molecule has 0 aromatic carbocycles. The van der Waals surface area contributed by atoms with Crippen molar-refractivity contribution in [1.82, 2.24) is 10.2 Å². The maximum absolute atomic E-state index is 10.8. The SMILES string of the molecule is [CH2]CC(=O)NCCN1CCCC1. The number of nitrogens with zero attached hydrogens (tertiary/aromatic N) is 1. The highest BCUT2D eigenvalue weighted by atomic mass is 16.1. The van der Waals surface area contributed by atoms with Crippen molar-refractivity contribution >= 4 is 5.91 Å². The Morgan fingerprint density at radius 3 is 2.67 bits per heavy atom. The third-order valence-corrected chi connectivity index (χ3v) is 2.18. The second kappa shape index (κ2) is 5.14. The molecule has 0 atom stereocenters. The molecule has 3 heteroatoms. The minimum absolute atomic E-state index is 0.0502. The summed E-state index contributed by atoms with van der Waals surface area (Å²) in [4.78, 5) is 13.2.